The van der Waals surface area contributed by atoms with Gasteiger partial charge in [-0.05, 0) is 79.9 Å². The highest BCUT2D eigenvalue weighted by Crippen LogP contribution is 2.36. The molecule has 14 heteroatoms. The Kier molecular flexibility index (Phi) is 9.67. The number of para-hydroxylation sites is 1. The summed E-state index contributed by atoms with van der Waals surface area (Å²) in [5, 5.41) is 20.1. The minimum atomic E-state index is -5.08. The summed E-state index contributed by atoms with van der Waals surface area (Å²) < 4.78 is 51.5. The molecule has 254 valence electrons. The first-order valence-electron chi connectivity index (χ1n) is 15.5. The lowest BCUT2D eigenvalue weighted by Crippen LogP contribution is -2.38. The van der Waals surface area contributed by atoms with Crippen molar-refractivity contribution in [1.29, 1.82) is 0 Å². The second kappa shape index (κ2) is 14.2. The van der Waals surface area contributed by atoms with Crippen molar-refractivity contribution in [3.05, 3.63) is 90.1 Å². The van der Waals surface area contributed by atoms with Gasteiger partial charge in [0.05, 0.1) is 13.7 Å². The summed E-state index contributed by atoms with van der Waals surface area (Å²) in [5.74, 6) is 0.817. The monoisotopic (exact) mass is 674 g/mol. The number of alkyl halides is 3. The van der Waals surface area contributed by atoms with Crippen molar-refractivity contribution in [3.8, 4) is 28.7 Å². The Morgan fingerprint density at radius 2 is 1.82 bits per heavy atom. The maximum Gasteiger partial charge on any atom is 0.490 e. The summed E-state index contributed by atoms with van der Waals surface area (Å²) >= 11 is 0. The first kappa shape index (κ1) is 33.3. The average Bonchev–Trinajstić information content (AvgIpc) is 3.69. The molecular formula is C35H33F3N6O5. The van der Waals surface area contributed by atoms with Gasteiger partial charge in [-0.25, -0.2) is 19.4 Å². The van der Waals surface area contributed by atoms with E-state index in [1.165, 1.54) is 0 Å². The number of piperidine rings is 1. The van der Waals surface area contributed by atoms with Crippen molar-refractivity contribution in [1.82, 2.24) is 25.1 Å². The van der Waals surface area contributed by atoms with Crippen molar-refractivity contribution in [3.63, 3.8) is 0 Å². The standard InChI is InChI=1S/C33H32N6O3.C2HF3O2/c1-21-5-3-7-27-30(21)42-33(37-27)23-10-14-26(15-11-23)41-28-16-18-35-32-29(28)31(36-24-6-4-17-34-19-24)38-39(32)20-22-8-12-25(40-2)13-9-22;3-2(4,5)1(6)7/h3,5,7-16,18,24,34H,4,6,17,19-20H2,1-2H3,(H,36,38);(H,6,7)/t24-;/m1./s1. The fourth-order valence-electron chi connectivity index (χ4n) is 5.44. The molecule has 1 fully saturated rings. The van der Waals surface area contributed by atoms with Gasteiger partial charge in [0.1, 0.15) is 28.2 Å². The van der Waals surface area contributed by atoms with Gasteiger partial charge in [-0.2, -0.15) is 18.3 Å². The van der Waals surface area contributed by atoms with E-state index in [4.69, 9.17) is 33.9 Å². The van der Waals surface area contributed by atoms with Crippen LogP contribution < -0.4 is 20.1 Å². The smallest absolute Gasteiger partial charge is 0.490 e. The molecule has 1 saturated heterocycles. The number of aliphatic carboxylic acids is 1. The number of oxazole rings is 1. The maximum absolute atomic E-state index is 10.6. The number of pyridine rings is 1. The number of hydrogen-bond acceptors (Lipinski definition) is 9. The minimum absolute atomic E-state index is 0.276. The predicted octanol–water partition coefficient (Wildman–Crippen LogP) is 7.19. The molecular weight excluding hydrogens is 641 g/mol. The van der Waals surface area contributed by atoms with E-state index in [2.05, 4.69) is 15.6 Å². The van der Waals surface area contributed by atoms with Gasteiger partial charge in [0, 0.05) is 30.4 Å². The number of anilines is 1. The van der Waals surface area contributed by atoms with Gasteiger partial charge < -0.3 is 29.6 Å². The van der Waals surface area contributed by atoms with Gasteiger partial charge >= 0.3 is 12.1 Å². The van der Waals surface area contributed by atoms with Gasteiger partial charge in [0.2, 0.25) is 5.89 Å². The summed E-state index contributed by atoms with van der Waals surface area (Å²) in [7, 11) is 1.67. The number of hydrogen-bond donors (Lipinski definition) is 3. The third kappa shape index (κ3) is 7.75. The van der Waals surface area contributed by atoms with Crippen LogP contribution in [0.1, 0.15) is 24.0 Å². The number of rotatable bonds is 8. The number of aromatic nitrogens is 4. The Morgan fingerprint density at radius 1 is 1.08 bits per heavy atom. The topological polar surface area (TPSA) is 137 Å². The van der Waals surface area contributed by atoms with Crippen molar-refractivity contribution in [2.75, 3.05) is 25.5 Å². The fourth-order valence-corrected chi connectivity index (χ4v) is 5.44. The molecule has 0 aliphatic carbocycles. The Hall–Kier alpha value is -5.63. The molecule has 1 atom stereocenters. The van der Waals surface area contributed by atoms with Crippen LogP contribution in [0.5, 0.6) is 17.2 Å². The maximum atomic E-state index is 10.6. The highest BCUT2D eigenvalue weighted by Gasteiger charge is 2.38. The van der Waals surface area contributed by atoms with E-state index >= 15 is 0 Å². The van der Waals surface area contributed by atoms with E-state index in [1.807, 2.05) is 84.4 Å². The molecule has 3 aromatic carbocycles. The van der Waals surface area contributed by atoms with E-state index < -0.39 is 12.1 Å². The lowest BCUT2D eigenvalue weighted by atomic mass is 10.1. The molecule has 0 amide bonds. The van der Waals surface area contributed by atoms with Crippen LogP contribution >= 0.6 is 0 Å². The number of methoxy groups -OCH3 is 1. The number of fused-ring (bicyclic) bond motifs is 2. The SMILES string of the molecule is COc1ccc(Cn2nc(N[C@@H]3CCCNC3)c3c(Oc4ccc(-c5nc6cccc(C)c6o5)cc4)ccnc32)cc1.O=C(O)C(F)(F)F. The van der Waals surface area contributed by atoms with Crippen molar-refractivity contribution in [2.24, 2.45) is 0 Å². The molecule has 3 aromatic heterocycles. The van der Waals surface area contributed by atoms with Crippen LogP contribution in [0.15, 0.2) is 83.4 Å². The average molecular weight is 675 g/mol. The lowest BCUT2D eigenvalue weighted by Gasteiger charge is -2.23. The summed E-state index contributed by atoms with van der Waals surface area (Å²) in [6.07, 6.45) is -1.12. The molecule has 49 heavy (non-hydrogen) atoms. The quantitative estimate of drug-likeness (QED) is 0.152. The fraction of sp³-hybridized carbons (Fsp3) is 0.257. The molecule has 4 heterocycles. The van der Waals surface area contributed by atoms with Crippen molar-refractivity contribution < 1.29 is 37.0 Å². The van der Waals surface area contributed by atoms with Crippen LogP contribution in [0.4, 0.5) is 19.0 Å². The van der Waals surface area contributed by atoms with Crippen molar-refractivity contribution >= 4 is 33.9 Å². The van der Waals surface area contributed by atoms with Crippen LogP contribution in [-0.2, 0) is 11.3 Å². The molecule has 0 radical (unpaired) electrons. The number of carbonyl (C=O) groups is 1. The molecule has 0 unspecified atom stereocenters. The largest absolute Gasteiger partial charge is 0.497 e. The second-order valence-electron chi connectivity index (χ2n) is 11.4. The van der Waals surface area contributed by atoms with E-state index in [0.29, 0.717) is 23.9 Å². The molecule has 0 bridgehead atoms. The first-order chi connectivity index (χ1) is 23.6. The normalized spacial score (nSPS) is 14.7. The number of halogens is 3. The van der Waals surface area contributed by atoms with Gasteiger partial charge in [0.25, 0.3) is 0 Å². The molecule has 7 rings (SSSR count). The molecule has 11 nitrogen and oxygen atoms in total. The van der Waals surface area contributed by atoms with Crippen LogP contribution in [0, 0.1) is 6.92 Å². The number of nitrogens with one attached hydrogen (secondary N) is 2. The summed E-state index contributed by atoms with van der Waals surface area (Å²) in [6, 6.07) is 24.0. The van der Waals surface area contributed by atoms with Crippen LogP contribution in [0.2, 0.25) is 0 Å². The van der Waals surface area contributed by atoms with Gasteiger partial charge in [0.15, 0.2) is 17.0 Å². The van der Waals surface area contributed by atoms with Crippen molar-refractivity contribution in [2.45, 2.75) is 38.5 Å². The third-order valence-corrected chi connectivity index (χ3v) is 7.91. The molecule has 3 N–H and O–H groups in total. The van der Waals surface area contributed by atoms with E-state index in [1.54, 1.807) is 13.3 Å². The number of ether oxygens (including phenoxy) is 2. The highest BCUT2D eigenvalue weighted by molar-refractivity contribution is 5.93. The van der Waals surface area contributed by atoms with Gasteiger partial charge in [-0.3, -0.25) is 0 Å². The van der Waals surface area contributed by atoms with Gasteiger partial charge in [-0.1, -0.05) is 24.3 Å². The molecule has 6 aromatic rings. The van der Waals surface area contributed by atoms with Crippen LogP contribution in [-0.4, -0.2) is 63.2 Å². The Morgan fingerprint density at radius 3 is 2.47 bits per heavy atom. The van der Waals surface area contributed by atoms with Crippen LogP contribution in [0.3, 0.4) is 0 Å². The van der Waals surface area contributed by atoms with Crippen LogP contribution in [0.25, 0.3) is 33.6 Å². The van der Waals surface area contributed by atoms with E-state index in [0.717, 1.165) is 76.3 Å². The number of benzene rings is 3. The van der Waals surface area contributed by atoms with E-state index in [-0.39, 0.29) is 6.04 Å². The molecule has 0 saturated carbocycles. The van der Waals surface area contributed by atoms with E-state index in [9.17, 15) is 13.2 Å². The Bertz CT molecular complexity index is 2050. The number of aryl methyl sites for hydroxylation is 1. The zero-order valence-electron chi connectivity index (χ0n) is 26.6. The molecule has 1 aliphatic heterocycles. The van der Waals surface area contributed by atoms with Gasteiger partial charge in [-0.15, -0.1) is 0 Å². The number of carboxylic acid groups (broad SMARTS) is 1. The zero-order valence-corrected chi connectivity index (χ0v) is 26.6. The predicted molar refractivity (Wildman–Crippen MR) is 177 cm³/mol. The highest BCUT2D eigenvalue weighted by atomic mass is 19.4. The number of carboxylic acids is 1. The zero-order chi connectivity index (χ0) is 34.5. The molecule has 1 aliphatic rings. The minimum Gasteiger partial charge on any atom is -0.497 e. The molecule has 0 spiro atoms. The Balaban J connectivity index is 0.000000540. The first-order valence-corrected chi connectivity index (χ1v) is 15.5. The Labute approximate surface area is 278 Å². The summed E-state index contributed by atoms with van der Waals surface area (Å²) in [4.78, 5) is 18.3. The second-order valence-corrected chi connectivity index (χ2v) is 11.4. The summed E-state index contributed by atoms with van der Waals surface area (Å²) in [6.45, 7) is 4.52. The summed E-state index contributed by atoms with van der Waals surface area (Å²) in [5.41, 5.74) is 5.47. The number of nitrogens with zero attached hydrogens (tertiary/aromatic N) is 4. The lowest BCUT2D eigenvalue weighted by molar-refractivity contribution is -0.192. The third-order valence-electron chi connectivity index (χ3n) is 7.91.